The number of halogens is 3. The lowest BCUT2D eigenvalue weighted by Gasteiger charge is -2.55. The molecule has 0 heterocycles. The summed E-state index contributed by atoms with van der Waals surface area (Å²) in [5, 5.41) is 2.81. The van der Waals surface area contributed by atoms with Gasteiger partial charge >= 0.3 is 18.2 Å². The van der Waals surface area contributed by atoms with Gasteiger partial charge in [-0.3, -0.25) is 4.79 Å². The van der Waals surface area contributed by atoms with Gasteiger partial charge in [0.05, 0.1) is 18.2 Å². The van der Waals surface area contributed by atoms with Crippen LogP contribution in [0.15, 0.2) is 18.2 Å². The molecule has 0 unspecified atom stereocenters. The monoisotopic (exact) mass is 472 g/mol. The number of hydrogen-bond donors (Lipinski definition) is 1. The summed E-state index contributed by atoms with van der Waals surface area (Å²) in [4.78, 5) is 37.6. The molecule has 1 saturated carbocycles. The van der Waals surface area contributed by atoms with Crippen LogP contribution in [0.2, 0.25) is 0 Å². The summed E-state index contributed by atoms with van der Waals surface area (Å²) >= 11 is 0. The molecule has 0 spiro atoms. The third kappa shape index (κ3) is 5.97. The highest BCUT2D eigenvalue weighted by atomic mass is 19.4. The number of ether oxygens (including phenoxy) is 2. The molecule has 184 valence electrons. The highest BCUT2D eigenvalue weighted by molar-refractivity contribution is 5.91. The van der Waals surface area contributed by atoms with E-state index in [0.717, 1.165) is 30.2 Å². The van der Waals surface area contributed by atoms with Crippen molar-refractivity contribution in [2.45, 2.75) is 65.8 Å². The SMILES string of the molecule is COC(=O)c1ccc(C(F)(F)F)c(NC[C@H]2C[C@@H](N(C(C)=O)C(=O)OC(C)(C)C)C2(C)C)c1. The van der Waals surface area contributed by atoms with E-state index < -0.39 is 46.8 Å². The Kier molecular flexibility index (Phi) is 7.40. The van der Waals surface area contributed by atoms with Gasteiger partial charge in [0.2, 0.25) is 5.91 Å². The van der Waals surface area contributed by atoms with Crippen LogP contribution < -0.4 is 5.32 Å². The zero-order valence-corrected chi connectivity index (χ0v) is 19.9. The van der Waals surface area contributed by atoms with Gasteiger partial charge in [-0.2, -0.15) is 13.2 Å². The van der Waals surface area contributed by atoms with E-state index in [1.54, 1.807) is 20.8 Å². The molecule has 0 saturated heterocycles. The molecule has 1 aromatic carbocycles. The fourth-order valence-corrected chi connectivity index (χ4v) is 3.98. The average Bonchev–Trinajstić information content (AvgIpc) is 2.66. The molecule has 0 radical (unpaired) electrons. The Morgan fingerprint density at radius 2 is 1.79 bits per heavy atom. The maximum atomic E-state index is 13.5. The summed E-state index contributed by atoms with van der Waals surface area (Å²) in [5.41, 5.74) is -2.50. The number of hydrogen-bond acceptors (Lipinski definition) is 6. The maximum Gasteiger partial charge on any atom is 0.418 e. The molecular formula is C23H31F3N2O5. The summed E-state index contributed by atoms with van der Waals surface area (Å²) in [6.45, 7) is 10.2. The molecule has 0 bridgehead atoms. The molecule has 1 aliphatic rings. The number of rotatable bonds is 5. The van der Waals surface area contributed by atoms with Crippen molar-refractivity contribution in [3.8, 4) is 0 Å². The van der Waals surface area contributed by atoms with Crippen LogP contribution in [0.3, 0.4) is 0 Å². The molecule has 0 aliphatic heterocycles. The van der Waals surface area contributed by atoms with Gasteiger partial charge in [0.15, 0.2) is 0 Å². The predicted octanol–water partition coefficient (Wildman–Crippen LogP) is 5.10. The minimum absolute atomic E-state index is 0.00794. The van der Waals surface area contributed by atoms with E-state index in [9.17, 15) is 27.6 Å². The molecule has 0 aromatic heterocycles. The van der Waals surface area contributed by atoms with Crippen LogP contribution in [0.25, 0.3) is 0 Å². The Morgan fingerprint density at radius 1 is 1.18 bits per heavy atom. The van der Waals surface area contributed by atoms with Gasteiger partial charge in [-0.25, -0.2) is 14.5 Å². The van der Waals surface area contributed by atoms with Gasteiger partial charge in [-0.15, -0.1) is 0 Å². The second-order valence-corrected chi connectivity index (χ2v) is 9.77. The van der Waals surface area contributed by atoms with Crippen LogP contribution in [0.1, 0.15) is 63.9 Å². The van der Waals surface area contributed by atoms with Gasteiger partial charge in [-0.05, 0) is 56.7 Å². The van der Waals surface area contributed by atoms with E-state index >= 15 is 0 Å². The molecule has 1 fully saturated rings. The quantitative estimate of drug-likeness (QED) is 0.600. The second kappa shape index (κ2) is 9.23. The van der Waals surface area contributed by atoms with Crippen LogP contribution in [-0.2, 0) is 20.4 Å². The number of nitrogens with zero attached hydrogens (tertiary/aromatic N) is 1. The first kappa shape index (κ1) is 26.5. The summed E-state index contributed by atoms with van der Waals surface area (Å²) < 4.78 is 50.3. The van der Waals surface area contributed by atoms with Crippen molar-refractivity contribution < 1.29 is 37.0 Å². The molecule has 1 aromatic rings. The highest BCUT2D eigenvalue weighted by Crippen LogP contribution is 2.49. The lowest BCUT2D eigenvalue weighted by atomic mass is 9.58. The van der Waals surface area contributed by atoms with Gasteiger partial charge in [0, 0.05) is 25.2 Å². The summed E-state index contributed by atoms with van der Waals surface area (Å²) in [6, 6.07) is 2.55. The summed E-state index contributed by atoms with van der Waals surface area (Å²) in [6.07, 6.45) is -4.96. The van der Waals surface area contributed by atoms with Crippen molar-refractivity contribution in [2.75, 3.05) is 19.0 Å². The number of carbonyl (C=O) groups excluding carboxylic acids is 3. The number of benzene rings is 1. The zero-order valence-electron chi connectivity index (χ0n) is 19.9. The normalized spacial score (nSPS) is 19.8. The van der Waals surface area contributed by atoms with Crippen molar-refractivity contribution in [3.63, 3.8) is 0 Å². The van der Waals surface area contributed by atoms with Crippen LogP contribution in [-0.4, -0.2) is 48.2 Å². The number of amides is 2. The third-order valence-electron chi connectivity index (χ3n) is 5.94. The fourth-order valence-electron chi connectivity index (χ4n) is 3.98. The minimum Gasteiger partial charge on any atom is -0.465 e. The Morgan fingerprint density at radius 3 is 2.24 bits per heavy atom. The zero-order chi connectivity index (χ0) is 25.4. The summed E-state index contributed by atoms with van der Waals surface area (Å²) in [5.74, 6) is -1.35. The second-order valence-electron chi connectivity index (χ2n) is 9.77. The van der Waals surface area contributed by atoms with E-state index in [0.29, 0.717) is 6.42 Å². The maximum absolute atomic E-state index is 13.5. The Bertz CT molecular complexity index is 922. The van der Waals surface area contributed by atoms with Crippen LogP contribution in [0, 0.1) is 11.3 Å². The number of imide groups is 1. The van der Waals surface area contributed by atoms with Gasteiger partial charge in [0.1, 0.15) is 5.60 Å². The number of carbonyl (C=O) groups is 3. The first-order valence-corrected chi connectivity index (χ1v) is 10.5. The van der Waals surface area contributed by atoms with Crippen LogP contribution >= 0.6 is 0 Å². The number of methoxy groups -OCH3 is 1. The lowest BCUT2D eigenvalue weighted by Crippen LogP contribution is -2.63. The van der Waals surface area contributed by atoms with E-state index in [-0.39, 0.29) is 23.7 Å². The van der Waals surface area contributed by atoms with Crippen molar-refractivity contribution in [2.24, 2.45) is 11.3 Å². The highest BCUT2D eigenvalue weighted by Gasteiger charge is 2.53. The van der Waals surface area contributed by atoms with Crippen LogP contribution in [0.5, 0.6) is 0 Å². The molecule has 1 N–H and O–H groups in total. The third-order valence-corrected chi connectivity index (χ3v) is 5.94. The molecule has 2 amide bonds. The van der Waals surface area contributed by atoms with Gasteiger partial charge in [0.25, 0.3) is 0 Å². The predicted molar refractivity (Wildman–Crippen MR) is 116 cm³/mol. The molecule has 10 heteroatoms. The molecule has 1 aliphatic carbocycles. The average molecular weight is 473 g/mol. The van der Waals surface area contributed by atoms with E-state index in [1.165, 1.54) is 6.92 Å². The van der Waals surface area contributed by atoms with Gasteiger partial charge in [-0.1, -0.05) is 13.8 Å². The lowest BCUT2D eigenvalue weighted by molar-refractivity contribution is -0.141. The number of alkyl halides is 3. The Hall–Kier alpha value is -2.78. The van der Waals surface area contributed by atoms with Crippen molar-refractivity contribution in [1.29, 1.82) is 0 Å². The molecule has 2 rings (SSSR count). The number of anilines is 1. The fraction of sp³-hybridized carbons (Fsp3) is 0.609. The molecule has 2 atom stereocenters. The van der Waals surface area contributed by atoms with Crippen molar-refractivity contribution >= 4 is 23.7 Å². The first-order valence-electron chi connectivity index (χ1n) is 10.5. The number of esters is 1. The van der Waals surface area contributed by atoms with E-state index in [4.69, 9.17) is 4.74 Å². The topological polar surface area (TPSA) is 84.9 Å². The smallest absolute Gasteiger partial charge is 0.418 e. The molecule has 7 nitrogen and oxygen atoms in total. The van der Waals surface area contributed by atoms with E-state index in [1.807, 2.05) is 13.8 Å². The minimum atomic E-state index is -4.61. The standard InChI is InChI=1S/C23H31F3N2O5/c1-13(29)28(20(31)33-21(2,3)4)18-11-15(22(18,5)6)12-27-17-10-14(19(30)32-7)8-9-16(17)23(24,25)26/h8-10,15,18,27H,11-12H2,1-7H3/t15-,18-/m1/s1. The van der Waals surface area contributed by atoms with Crippen LogP contribution in [0.4, 0.5) is 23.7 Å². The van der Waals surface area contributed by atoms with Gasteiger partial charge < -0.3 is 14.8 Å². The van der Waals surface area contributed by atoms with E-state index in [2.05, 4.69) is 10.1 Å². The Balaban J connectivity index is 2.20. The van der Waals surface area contributed by atoms with Crippen molar-refractivity contribution in [3.05, 3.63) is 29.3 Å². The Labute approximate surface area is 191 Å². The summed E-state index contributed by atoms with van der Waals surface area (Å²) in [7, 11) is 1.15. The molecule has 33 heavy (non-hydrogen) atoms. The first-order chi connectivity index (χ1) is 15.0. The van der Waals surface area contributed by atoms with Crippen molar-refractivity contribution in [1.82, 2.24) is 4.90 Å². The largest absolute Gasteiger partial charge is 0.465 e. The number of nitrogens with one attached hydrogen (secondary N) is 1. The molecular weight excluding hydrogens is 441 g/mol.